The number of carbonyl (C=O) groups is 2. The van der Waals surface area contributed by atoms with Gasteiger partial charge in [-0.2, -0.15) is 5.10 Å². The van der Waals surface area contributed by atoms with Crippen molar-refractivity contribution in [2.75, 3.05) is 5.32 Å². The molecule has 0 aliphatic rings. The summed E-state index contributed by atoms with van der Waals surface area (Å²) in [6.07, 6.45) is 2.52. The monoisotopic (exact) mass is 530 g/mol. The van der Waals surface area contributed by atoms with Crippen molar-refractivity contribution in [2.24, 2.45) is 5.10 Å². The first-order chi connectivity index (χ1) is 19.4. The molecule has 0 fully saturated rings. The van der Waals surface area contributed by atoms with E-state index in [1.807, 2.05) is 49.4 Å². The Hall–Kier alpha value is -5.04. The van der Waals surface area contributed by atoms with Crippen molar-refractivity contribution in [1.82, 2.24) is 10.4 Å². The molecule has 0 spiro atoms. The van der Waals surface area contributed by atoms with Crippen LogP contribution < -0.4 is 10.7 Å². The van der Waals surface area contributed by atoms with Crippen LogP contribution in [0.2, 0.25) is 0 Å². The van der Waals surface area contributed by atoms with Crippen LogP contribution in [0.25, 0.3) is 22.2 Å². The maximum atomic E-state index is 13.3. The highest BCUT2D eigenvalue weighted by molar-refractivity contribution is 6.08. The minimum Gasteiger partial charge on any atom is -0.459 e. The van der Waals surface area contributed by atoms with E-state index in [0.29, 0.717) is 22.9 Å². The predicted molar refractivity (Wildman–Crippen MR) is 159 cm³/mol. The predicted octanol–water partition coefficient (Wildman–Crippen LogP) is 7.41. The number of hydrogen-bond acceptors (Lipinski definition) is 5. The lowest BCUT2D eigenvalue weighted by molar-refractivity contribution is 0.0955. The van der Waals surface area contributed by atoms with Crippen LogP contribution in [0.5, 0.6) is 0 Å². The lowest BCUT2D eigenvalue weighted by Gasteiger charge is -2.12. The summed E-state index contributed by atoms with van der Waals surface area (Å²) in [5, 5.41) is 7.88. The van der Waals surface area contributed by atoms with Gasteiger partial charge >= 0.3 is 0 Å². The Morgan fingerprint density at radius 1 is 0.925 bits per heavy atom. The average Bonchev–Trinajstić information content (AvgIpc) is 3.55. The van der Waals surface area contributed by atoms with E-state index >= 15 is 0 Å². The molecular formula is C33H30N4O3. The molecule has 3 aromatic carbocycles. The van der Waals surface area contributed by atoms with Gasteiger partial charge in [0.1, 0.15) is 0 Å². The summed E-state index contributed by atoms with van der Waals surface area (Å²) in [6, 6.07) is 28.2. The number of pyridine rings is 1. The largest absolute Gasteiger partial charge is 0.459 e. The molecule has 7 heteroatoms. The number of amides is 2. The molecule has 1 atom stereocenters. The lowest BCUT2D eigenvalue weighted by atomic mass is 9.96. The van der Waals surface area contributed by atoms with Crippen LogP contribution in [0, 0.1) is 0 Å². The van der Waals surface area contributed by atoms with E-state index in [1.54, 1.807) is 24.3 Å². The molecule has 0 aliphatic heterocycles. The second-order valence-corrected chi connectivity index (χ2v) is 9.65. The highest BCUT2D eigenvalue weighted by atomic mass is 16.3. The fraction of sp³-hybridized carbons (Fsp3) is 0.152. The fourth-order valence-corrected chi connectivity index (χ4v) is 4.38. The Morgan fingerprint density at radius 3 is 2.38 bits per heavy atom. The molecule has 7 nitrogen and oxygen atoms in total. The number of benzene rings is 3. The first-order valence-electron chi connectivity index (χ1n) is 13.2. The summed E-state index contributed by atoms with van der Waals surface area (Å²) in [7, 11) is 0. The summed E-state index contributed by atoms with van der Waals surface area (Å²) >= 11 is 0. The standard InChI is InChI=1S/C33H30N4O3/c1-4-21(2)23-11-13-25(14-12-23)30-20-28(27-8-5-6-9-29(27)35-30)32(38)37-36-22(3)24-15-17-26(18-16-24)34-33(39)31-10-7-19-40-31/h5-21H,4H2,1-3H3,(H,34,39)(H,37,38)/b36-22-/t21-/m0/s1. The Morgan fingerprint density at radius 2 is 1.68 bits per heavy atom. The van der Waals surface area contributed by atoms with Crippen molar-refractivity contribution in [2.45, 2.75) is 33.1 Å². The minimum atomic E-state index is -0.328. The molecule has 40 heavy (non-hydrogen) atoms. The first-order valence-corrected chi connectivity index (χ1v) is 13.2. The first kappa shape index (κ1) is 26.6. The second kappa shape index (κ2) is 11.8. The van der Waals surface area contributed by atoms with Gasteiger partial charge in [-0.05, 0) is 66.8 Å². The van der Waals surface area contributed by atoms with Gasteiger partial charge in [0.25, 0.3) is 11.8 Å². The van der Waals surface area contributed by atoms with E-state index in [2.05, 4.69) is 54.0 Å². The number of hydrazone groups is 1. The third-order valence-corrected chi connectivity index (χ3v) is 6.98. The van der Waals surface area contributed by atoms with Crippen molar-refractivity contribution >= 4 is 34.1 Å². The van der Waals surface area contributed by atoms with Crippen LogP contribution in [0.3, 0.4) is 0 Å². The lowest BCUT2D eigenvalue weighted by Crippen LogP contribution is -2.20. The molecule has 0 saturated carbocycles. The third kappa shape index (κ3) is 5.83. The van der Waals surface area contributed by atoms with Crippen LogP contribution >= 0.6 is 0 Å². The normalized spacial score (nSPS) is 12.2. The molecule has 2 heterocycles. The number of aromatic nitrogens is 1. The Kier molecular flexibility index (Phi) is 7.82. The van der Waals surface area contributed by atoms with Crippen LogP contribution in [0.15, 0.2) is 107 Å². The Balaban J connectivity index is 1.34. The average molecular weight is 531 g/mol. The summed E-state index contributed by atoms with van der Waals surface area (Å²) in [5.41, 5.74) is 8.95. The maximum Gasteiger partial charge on any atom is 0.291 e. The van der Waals surface area contributed by atoms with Crippen molar-refractivity contribution in [3.8, 4) is 11.3 Å². The number of nitrogens with one attached hydrogen (secondary N) is 2. The molecule has 2 amide bonds. The molecular weight excluding hydrogens is 500 g/mol. The van der Waals surface area contributed by atoms with Crippen molar-refractivity contribution in [3.63, 3.8) is 0 Å². The molecule has 0 radical (unpaired) electrons. The zero-order valence-corrected chi connectivity index (χ0v) is 22.6. The number of hydrogen-bond donors (Lipinski definition) is 2. The molecule has 0 unspecified atom stereocenters. The molecule has 0 aliphatic carbocycles. The summed E-state index contributed by atoms with van der Waals surface area (Å²) in [6.45, 7) is 6.20. The van der Waals surface area contributed by atoms with E-state index < -0.39 is 0 Å². The van der Waals surface area contributed by atoms with Crippen molar-refractivity contribution in [3.05, 3.63) is 120 Å². The van der Waals surface area contributed by atoms with Gasteiger partial charge in [-0.25, -0.2) is 10.4 Å². The number of carbonyl (C=O) groups excluding carboxylic acids is 2. The number of anilines is 1. The van der Waals surface area contributed by atoms with Gasteiger partial charge in [-0.1, -0.05) is 68.4 Å². The number of fused-ring (bicyclic) bond motifs is 1. The van der Waals surface area contributed by atoms with Crippen LogP contribution in [-0.4, -0.2) is 22.5 Å². The fourth-order valence-electron chi connectivity index (χ4n) is 4.38. The van der Waals surface area contributed by atoms with Gasteiger partial charge in [-0.15, -0.1) is 0 Å². The highest BCUT2D eigenvalue weighted by Crippen LogP contribution is 2.27. The van der Waals surface area contributed by atoms with E-state index in [0.717, 1.165) is 34.1 Å². The zero-order chi connectivity index (χ0) is 28.1. The van der Waals surface area contributed by atoms with Crippen molar-refractivity contribution in [1.29, 1.82) is 0 Å². The number of furan rings is 1. The smallest absolute Gasteiger partial charge is 0.291 e. The third-order valence-electron chi connectivity index (χ3n) is 6.98. The van der Waals surface area contributed by atoms with E-state index in [9.17, 15) is 9.59 Å². The van der Waals surface area contributed by atoms with E-state index in [-0.39, 0.29) is 17.6 Å². The van der Waals surface area contributed by atoms with Gasteiger partial charge in [0.05, 0.1) is 28.7 Å². The van der Waals surface area contributed by atoms with Crippen LogP contribution in [0.1, 0.15) is 65.1 Å². The summed E-state index contributed by atoms with van der Waals surface area (Å²) in [4.78, 5) is 30.4. The molecule has 0 bridgehead atoms. The SMILES string of the molecule is CC[C@H](C)c1ccc(-c2cc(C(=O)N/N=C(/C)c3ccc(NC(=O)c4ccco4)cc3)c3ccccc3n2)cc1. The zero-order valence-electron chi connectivity index (χ0n) is 22.6. The summed E-state index contributed by atoms with van der Waals surface area (Å²) in [5.74, 6) is 0.0701. The highest BCUT2D eigenvalue weighted by Gasteiger charge is 2.15. The topological polar surface area (TPSA) is 96.6 Å². The second-order valence-electron chi connectivity index (χ2n) is 9.65. The van der Waals surface area contributed by atoms with Gasteiger partial charge in [-0.3, -0.25) is 9.59 Å². The number of rotatable bonds is 8. The number of para-hydroxylation sites is 1. The van der Waals surface area contributed by atoms with Gasteiger partial charge < -0.3 is 9.73 Å². The van der Waals surface area contributed by atoms with E-state index in [1.165, 1.54) is 11.8 Å². The Labute approximate surface area is 233 Å². The van der Waals surface area contributed by atoms with Gasteiger partial charge in [0.15, 0.2) is 5.76 Å². The van der Waals surface area contributed by atoms with Crippen LogP contribution in [-0.2, 0) is 0 Å². The quantitative estimate of drug-likeness (QED) is 0.161. The van der Waals surface area contributed by atoms with E-state index in [4.69, 9.17) is 9.40 Å². The van der Waals surface area contributed by atoms with Gasteiger partial charge in [0.2, 0.25) is 0 Å². The number of nitrogens with zero attached hydrogens (tertiary/aromatic N) is 2. The Bertz CT molecular complexity index is 1670. The molecule has 0 saturated heterocycles. The maximum absolute atomic E-state index is 13.3. The molecule has 5 rings (SSSR count). The molecule has 2 aromatic heterocycles. The van der Waals surface area contributed by atoms with Crippen molar-refractivity contribution < 1.29 is 14.0 Å². The van der Waals surface area contributed by atoms with Crippen LogP contribution in [0.4, 0.5) is 5.69 Å². The minimum absolute atomic E-state index is 0.236. The summed E-state index contributed by atoms with van der Waals surface area (Å²) < 4.78 is 5.12. The molecule has 2 N–H and O–H groups in total. The molecule has 200 valence electrons. The van der Waals surface area contributed by atoms with Gasteiger partial charge in [0, 0.05) is 16.6 Å². The molecule has 5 aromatic rings.